The Kier molecular flexibility index (Phi) is 2.26. The van der Waals surface area contributed by atoms with E-state index in [0.717, 1.165) is 11.4 Å². The molecule has 1 aromatic carbocycles. The molecule has 0 amide bonds. The van der Waals surface area contributed by atoms with Gasteiger partial charge in [-0.2, -0.15) is 2.90 Å². The lowest BCUT2D eigenvalue weighted by molar-refractivity contribution is 0.870. The third-order valence-corrected chi connectivity index (χ3v) is 2.39. The minimum Gasteiger partial charge on any atom is -0.163 e. The largest absolute Gasteiger partial charge is 0.192 e. The summed E-state index contributed by atoms with van der Waals surface area (Å²) in [5, 5.41) is 11.2. The molecule has 13 heavy (non-hydrogen) atoms. The van der Waals surface area contributed by atoms with Crippen LogP contribution in [-0.4, -0.2) is 18.4 Å². The fourth-order valence-corrected chi connectivity index (χ4v) is 1.50. The number of hydrogen-bond donors (Lipinski definition) is 0. The Morgan fingerprint density at radius 3 is 2.46 bits per heavy atom. The summed E-state index contributed by atoms with van der Waals surface area (Å²) in [6.45, 7) is 2.05. The molecule has 4 nitrogen and oxygen atoms in total. The molecule has 0 atom stereocenters. The lowest BCUT2D eigenvalue weighted by Crippen LogP contribution is -1.87. The highest BCUT2D eigenvalue weighted by Gasteiger charge is 2.04. The van der Waals surface area contributed by atoms with E-state index in [0.29, 0.717) is 0 Å². The molecular formula is C8H7IN4. The molecule has 0 N–H and O–H groups in total. The van der Waals surface area contributed by atoms with Gasteiger partial charge in [0, 0.05) is 5.56 Å². The smallest absolute Gasteiger partial charge is 0.163 e. The Hall–Kier alpha value is -0.980. The molecule has 2 aromatic rings. The molecule has 1 heterocycles. The van der Waals surface area contributed by atoms with Gasteiger partial charge in [0.25, 0.3) is 0 Å². The van der Waals surface area contributed by atoms with E-state index in [-0.39, 0.29) is 0 Å². The number of hydrogen-bond acceptors (Lipinski definition) is 3. The van der Waals surface area contributed by atoms with Crippen molar-refractivity contribution in [1.82, 2.24) is 18.4 Å². The minimum absolute atomic E-state index is 0.778. The van der Waals surface area contributed by atoms with Crippen molar-refractivity contribution in [3.63, 3.8) is 0 Å². The summed E-state index contributed by atoms with van der Waals surface area (Å²) in [5.74, 6) is 0.778. The molecule has 0 spiro atoms. The van der Waals surface area contributed by atoms with Gasteiger partial charge < -0.3 is 0 Å². The number of nitrogens with zero attached hydrogens (tertiary/aromatic N) is 4. The zero-order valence-electron chi connectivity index (χ0n) is 6.98. The summed E-state index contributed by atoms with van der Waals surface area (Å²) < 4.78 is 1.63. The molecule has 0 saturated heterocycles. The number of aryl methyl sites for hydroxylation is 1. The van der Waals surface area contributed by atoms with E-state index in [1.807, 2.05) is 47.1 Å². The van der Waals surface area contributed by atoms with Crippen LogP contribution in [0.4, 0.5) is 0 Å². The lowest BCUT2D eigenvalue weighted by atomic mass is 10.1. The molecule has 1 aromatic heterocycles. The van der Waals surface area contributed by atoms with Crippen LogP contribution in [0.2, 0.25) is 0 Å². The summed E-state index contributed by atoms with van der Waals surface area (Å²) in [5.41, 5.74) is 2.27. The first kappa shape index (κ1) is 8.61. The van der Waals surface area contributed by atoms with Crippen molar-refractivity contribution in [1.29, 1.82) is 0 Å². The maximum Gasteiger partial charge on any atom is 0.192 e. The van der Waals surface area contributed by atoms with Gasteiger partial charge in [0.15, 0.2) is 5.82 Å². The van der Waals surface area contributed by atoms with Crippen LogP contribution in [0.1, 0.15) is 5.56 Å². The second kappa shape index (κ2) is 3.41. The van der Waals surface area contributed by atoms with Crippen molar-refractivity contribution in [2.75, 3.05) is 0 Å². The lowest BCUT2D eigenvalue weighted by Gasteiger charge is -1.97. The van der Waals surface area contributed by atoms with Gasteiger partial charge >= 0.3 is 0 Å². The van der Waals surface area contributed by atoms with Crippen LogP contribution in [0.15, 0.2) is 24.3 Å². The van der Waals surface area contributed by atoms with E-state index in [1.54, 1.807) is 2.90 Å². The van der Waals surface area contributed by atoms with Gasteiger partial charge in [-0.15, -0.1) is 5.10 Å². The van der Waals surface area contributed by atoms with Crippen LogP contribution in [0.5, 0.6) is 0 Å². The minimum atomic E-state index is 0.778. The molecule has 66 valence electrons. The SMILES string of the molecule is Cc1ccc(-c2nnnn2I)cc1. The number of aromatic nitrogens is 4. The first-order chi connectivity index (χ1) is 6.27. The average molecular weight is 286 g/mol. The molecule has 5 heteroatoms. The van der Waals surface area contributed by atoms with Gasteiger partial charge in [-0.1, -0.05) is 29.8 Å². The van der Waals surface area contributed by atoms with Gasteiger partial charge in [0.1, 0.15) is 0 Å². The Bertz CT molecular complexity index is 406. The van der Waals surface area contributed by atoms with Crippen LogP contribution in [0.3, 0.4) is 0 Å². The third kappa shape index (κ3) is 1.69. The zero-order valence-corrected chi connectivity index (χ0v) is 9.13. The van der Waals surface area contributed by atoms with Crippen LogP contribution in [-0.2, 0) is 0 Å². The quantitative estimate of drug-likeness (QED) is 0.751. The predicted molar refractivity (Wildman–Crippen MR) is 57.4 cm³/mol. The molecule has 0 fully saturated rings. The normalized spacial score (nSPS) is 10.3. The van der Waals surface area contributed by atoms with Crippen LogP contribution >= 0.6 is 22.9 Å². The first-order valence-corrected chi connectivity index (χ1v) is 4.75. The molecule has 0 aliphatic carbocycles. The highest BCUT2D eigenvalue weighted by molar-refractivity contribution is 14.1. The van der Waals surface area contributed by atoms with E-state index in [4.69, 9.17) is 0 Å². The highest BCUT2D eigenvalue weighted by Crippen LogP contribution is 2.17. The zero-order chi connectivity index (χ0) is 9.26. The maximum atomic E-state index is 3.91. The second-order valence-electron chi connectivity index (χ2n) is 2.73. The molecule has 0 saturated carbocycles. The highest BCUT2D eigenvalue weighted by atomic mass is 127. The van der Waals surface area contributed by atoms with Crippen molar-refractivity contribution in [3.8, 4) is 11.4 Å². The molecule has 0 radical (unpaired) electrons. The van der Waals surface area contributed by atoms with E-state index in [9.17, 15) is 0 Å². The molecule has 0 aliphatic heterocycles. The molecule has 0 unspecified atom stereocenters. The van der Waals surface area contributed by atoms with Crippen molar-refractivity contribution in [3.05, 3.63) is 29.8 Å². The summed E-state index contributed by atoms with van der Waals surface area (Å²) in [6, 6.07) is 8.10. The topological polar surface area (TPSA) is 43.6 Å². The number of tetrazole rings is 1. The van der Waals surface area contributed by atoms with Crippen molar-refractivity contribution in [2.24, 2.45) is 0 Å². The summed E-state index contributed by atoms with van der Waals surface area (Å²) >= 11 is 2.05. The molecule has 2 rings (SSSR count). The van der Waals surface area contributed by atoms with Crippen molar-refractivity contribution >= 4 is 22.9 Å². The first-order valence-electron chi connectivity index (χ1n) is 3.79. The molecule has 0 bridgehead atoms. The van der Waals surface area contributed by atoms with Crippen LogP contribution in [0.25, 0.3) is 11.4 Å². The van der Waals surface area contributed by atoms with E-state index >= 15 is 0 Å². The van der Waals surface area contributed by atoms with Crippen molar-refractivity contribution in [2.45, 2.75) is 6.92 Å². The summed E-state index contributed by atoms with van der Waals surface area (Å²) in [7, 11) is 0. The Morgan fingerprint density at radius 1 is 1.23 bits per heavy atom. The molecule has 0 aliphatic rings. The molecular weight excluding hydrogens is 279 g/mol. The average Bonchev–Trinajstić information content (AvgIpc) is 2.53. The maximum absolute atomic E-state index is 3.91. The van der Waals surface area contributed by atoms with Gasteiger partial charge in [0.05, 0.1) is 22.9 Å². The van der Waals surface area contributed by atoms with E-state index in [2.05, 4.69) is 22.4 Å². The van der Waals surface area contributed by atoms with Crippen LogP contribution in [0, 0.1) is 6.92 Å². The standard InChI is InChI=1S/C8H7IN4/c1-6-2-4-7(5-3-6)8-10-11-12-13(8)9/h2-5H,1H3. The Morgan fingerprint density at radius 2 is 1.92 bits per heavy atom. The Balaban J connectivity index is 2.47. The summed E-state index contributed by atoms with van der Waals surface area (Å²) in [4.78, 5) is 0. The number of benzene rings is 1. The number of halogens is 1. The van der Waals surface area contributed by atoms with Crippen LogP contribution < -0.4 is 0 Å². The van der Waals surface area contributed by atoms with Gasteiger partial charge in [0.2, 0.25) is 0 Å². The Labute approximate surface area is 89.5 Å². The predicted octanol–water partition coefficient (Wildman–Crippen LogP) is 1.85. The van der Waals surface area contributed by atoms with E-state index < -0.39 is 0 Å². The summed E-state index contributed by atoms with van der Waals surface area (Å²) in [6.07, 6.45) is 0. The van der Waals surface area contributed by atoms with Gasteiger partial charge in [-0.25, -0.2) is 0 Å². The third-order valence-electron chi connectivity index (χ3n) is 1.74. The monoisotopic (exact) mass is 286 g/mol. The number of rotatable bonds is 1. The fraction of sp³-hybridized carbons (Fsp3) is 0.125. The van der Waals surface area contributed by atoms with E-state index in [1.165, 1.54) is 5.56 Å². The van der Waals surface area contributed by atoms with Gasteiger partial charge in [-0.05, 0) is 17.4 Å². The second-order valence-corrected chi connectivity index (χ2v) is 3.64. The van der Waals surface area contributed by atoms with Gasteiger partial charge in [-0.3, -0.25) is 0 Å². The fourth-order valence-electron chi connectivity index (χ4n) is 1.04. The van der Waals surface area contributed by atoms with Crippen molar-refractivity contribution < 1.29 is 0 Å².